The Morgan fingerprint density at radius 2 is 1.74 bits per heavy atom. The van der Waals surface area contributed by atoms with E-state index in [1.807, 2.05) is 6.07 Å². The summed E-state index contributed by atoms with van der Waals surface area (Å²) in [5.74, 6) is -0.0855. The molecule has 2 aliphatic rings. The topological polar surface area (TPSA) is 87.9 Å². The Kier molecular flexibility index (Phi) is 8.89. The zero-order valence-electron chi connectivity index (χ0n) is 20.3. The Morgan fingerprint density at radius 3 is 2.34 bits per heavy atom. The van der Waals surface area contributed by atoms with Gasteiger partial charge >= 0.3 is 6.18 Å². The van der Waals surface area contributed by atoms with Crippen molar-refractivity contribution in [2.24, 2.45) is 0 Å². The third-order valence-corrected chi connectivity index (χ3v) is 7.41. The number of alkyl halides is 3. The Morgan fingerprint density at radius 1 is 1.05 bits per heavy atom. The van der Waals surface area contributed by atoms with Crippen molar-refractivity contribution in [3.8, 4) is 0 Å². The van der Waals surface area contributed by atoms with E-state index in [1.165, 1.54) is 6.07 Å². The van der Waals surface area contributed by atoms with Crippen molar-refractivity contribution in [3.63, 3.8) is 0 Å². The van der Waals surface area contributed by atoms with Gasteiger partial charge in [-0.25, -0.2) is 0 Å². The van der Waals surface area contributed by atoms with Crippen LogP contribution in [0.25, 0.3) is 0 Å². The molecule has 13 heteroatoms. The number of nitrogens with zero attached hydrogens (tertiary/aromatic N) is 3. The van der Waals surface area contributed by atoms with Crippen molar-refractivity contribution in [2.45, 2.75) is 44.0 Å². The molecule has 0 unspecified atom stereocenters. The minimum atomic E-state index is -4.83. The van der Waals surface area contributed by atoms with Crippen LogP contribution in [0.1, 0.15) is 31.2 Å². The van der Waals surface area contributed by atoms with E-state index in [0.29, 0.717) is 61.9 Å². The van der Waals surface area contributed by atoms with Crippen molar-refractivity contribution in [2.75, 3.05) is 43.0 Å². The van der Waals surface area contributed by atoms with Gasteiger partial charge in [-0.3, -0.25) is 14.9 Å². The Bertz CT molecular complexity index is 1170. The lowest BCUT2D eigenvalue weighted by molar-refractivity contribution is -0.388. The molecule has 206 valence electrons. The number of nitro benzene ring substituents is 1. The molecule has 1 aliphatic carbocycles. The third-order valence-electron chi connectivity index (χ3n) is 6.87. The smallest absolute Gasteiger partial charge is 0.382 e. The predicted molar refractivity (Wildman–Crippen MR) is 139 cm³/mol. The molecule has 0 aromatic heterocycles. The summed E-state index contributed by atoms with van der Waals surface area (Å²) in [6, 6.07) is 8.18. The van der Waals surface area contributed by atoms with Crippen molar-refractivity contribution in [1.82, 2.24) is 4.90 Å². The van der Waals surface area contributed by atoms with E-state index in [0.717, 1.165) is 17.8 Å². The third kappa shape index (κ3) is 7.00. The number of ether oxygens (including phenoxy) is 1. The number of piperazine rings is 1. The summed E-state index contributed by atoms with van der Waals surface area (Å²) < 4.78 is 45.6. The molecule has 0 atom stereocenters. The SMILES string of the molecule is O=C(CO[C@H]1CC[C@H](Nc2ccc([N+](=O)[O-])c(C(F)(F)F)c2)CC1)N1CCN(c2ccc(Cl)cc2Cl)CC1. The molecule has 1 amide bonds. The van der Waals surface area contributed by atoms with Crippen LogP contribution in [-0.2, 0) is 15.7 Å². The highest BCUT2D eigenvalue weighted by Crippen LogP contribution is 2.38. The maximum absolute atomic E-state index is 13.2. The lowest BCUT2D eigenvalue weighted by Crippen LogP contribution is -2.50. The standard InChI is InChI=1S/C25H27Cl2F3N4O4/c26-16-1-7-23(21(27)13-16)32-9-11-33(12-10-32)24(35)15-38-19-5-2-17(3-6-19)31-18-4-8-22(34(36)37)20(14-18)25(28,29)30/h1,4,7-8,13-14,17,19,31H,2-3,5-6,9-12,15H2/t17-,19-. The number of halogens is 5. The van der Waals surface area contributed by atoms with Crippen LogP contribution >= 0.6 is 23.2 Å². The summed E-state index contributed by atoms with van der Waals surface area (Å²) >= 11 is 12.3. The first kappa shape index (κ1) is 28.3. The van der Waals surface area contributed by atoms with Gasteiger partial charge in [0, 0.05) is 49.0 Å². The minimum absolute atomic E-state index is 0.0260. The maximum Gasteiger partial charge on any atom is 0.423 e. The van der Waals surface area contributed by atoms with Crippen LogP contribution < -0.4 is 10.2 Å². The lowest BCUT2D eigenvalue weighted by Gasteiger charge is -2.37. The van der Waals surface area contributed by atoms with Gasteiger partial charge in [-0.1, -0.05) is 23.2 Å². The van der Waals surface area contributed by atoms with Gasteiger partial charge in [-0.2, -0.15) is 13.2 Å². The maximum atomic E-state index is 13.2. The molecule has 2 fully saturated rings. The van der Waals surface area contributed by atoms with Crippen molar-refractivity contribution in [3.05, 3.63) is 62.1 Å². The molecule has 38 heavy (non-hydrogen) atoms. The Labute approximate surface area is 227 Å². The van der Waals surface area contributed by atoms with Gasteiger partial charge in [0.15, 0.2) is 0 Å². The molecule has 1 heterocycles. The number of hydrogen-bond donors (Lipinski definition) is 1. The number of amides is 1. The molecule has 0 spiro atoms. The van der Waals surface area contributed by atoms with Crippen LogP contribution in [0.3, 0.4) is 0 Å². The monoisotopic (exact) mass is 574 g/mol. The fraction of sp³-hybridized carbons (Fsp3) is 0.480. The van der Waals surface area contributed by atoms with E-state index in [4.69, 9.17) is 27.9 Å². The van der Waals surface area contributed by atoms with E-state index < -0.39 is 22.4 Å². The predicted octanol–water partition coefficient (Wildman–Crippen LogP) is 6.01. The van der Waals surface area contributed by atoms with Crippen molar-refractivity contribution < 1.29 is 27.6 Å². The second-order valence-electron chi connectivity index (χ2n) is 9.38. The number of rotatable bonds is 7. The molecule has 2 aromatic rings. The fourth-order valence-electron chi connectivity index (χ4n) is 4.84. The van der Waals surface area contributed by atoms with E-state index in [2.05, 4.69) is 10.2 Å². The zero-order valence-corrected chi connectivity index (χ0v) is 21.9. The number of nitro groups is 1. The van der Waals surface area contributed by atoms with Gasteiger partial charge in [-0.05, 0) is 56.0 Å². The number of benzene rings is 2. The van der Waals surface area contributed by atoms with E-state index in [-0.39, 0.29) is 30.3 Å². The van der Waals surface area contributed by atoms with Crippen molar-refractivity contribution >= 4 is 46.2 Å². The van der Waals surface area contributed by atoms with Crippen LogP contribution in [0.4, 0.5) is 30.2 Å². The Hall–Kier alpha value is -2.76. The average Bonchev–Trinajstić information content (AvgIpc) is 2.87. The van der Waals surface area contributed by atoms with Crippen LogP contribution in [0.15, 0.2) is 36.4 Å². The number of carbonyl (C=O) groups is 1. The highest BCUT2D eigenvalue weighted by Gasteiger charge is 2.38. The van der Waals surface area contributed by atoms with Crippen LogP contribution in [-0.4, -0.2) is 60.7 Å². The van der Waals surface area contributed by atoms with Gasteiger partial charge in [-0.15, -0.1) is 0 Å². The molecule has 0 bridgehead atoms. The van der Waals surface area contributed by atoms with Gasteiger partial charge in [0.2, 0.25) is 5.91 Å². The number of nitrogens with one attached hydrogen (secondary N) is 1. The molecule has 1 saturated carbocycles. The summed E-state index contributed by atoms with van der Waals surface area (Å²) in [6.07, 6.45) is -2.38. The van der Waals surface area contributed by atoms with Crippen molar-refractivity contribution in [1.29, 1.82) is 0 Å². The number of anilines is 2. The summed E-state index contributed by atoms with van der Waals surface area (Å²) in [7, 11) is 0. The second-order valence-corrected chi connectivity index (χ2v) is 10.2. The number of carbonyl (C=O) groups excluding carboxylic acids is 1. The normalized spacial score (nSPS) is 20.3. The highest BCUT2D eigenvalue weighted by molar-refractivity contribution is 6.36. The molecular formula is C25H27Cl2F3N4O4. The van der Waals surface area contributed by atoms with Crippen LogP contribution in [0.5, 0.6) is 0 Å². The van der Waals surface area contributed by atoms with E-state index in [1.54, 1.807) is 17.0 Å². The average molecular weight is 575 g/mol. The summed E-state index contributed by atoms with van der Waals surface area (Å²) in [5, 5.41) is 15.1. The van der Waals surface area contributed by atoms with Gasteiger partial charge in [0.1, 0.15) is 12.2 Å². The van der Waals surface area contributed by atoms with Crippen LogP contribution in [0, 0.1) is 10.1 Å². The molecule has 8 nitrogen and oxygen atoms in total. The van der Waals surface area contributed by atoms with Gasteiger partial charge in [0.25, 0.3) is 5.69 Å². The second kappa shape index (κ2) is 12.0. The summed E-state index contributed by atoms with van der Waals surface area (Å²) in [4.78, 5) is 26.5. The molecule has 4 rings (SSSR count). The lowest BCUT2D eigenvalue weighted by atomic mass is 9.92. The van der Waals surface area contributed by atoms with Crippen LogP contribution in [0.2, 0.25) is 10.0 Å². The van der Waals surface area contributed by atoms with Gasteiger partial charge < -0.3 is 19.9 Å². The van der Waals surface area contributed by atoms with E-state index >= 15 is 0 Å². The molecule has 1 saturated heterocycles. The first-order valence-electron chi connectivity index (χ1n) is 12.2. The number of hydrogen-bond acceptors (Lipinski definition) is 6. The zero-order chi connectivity index (χ0) is 27.4. The molecular weight excluding hydrogens is 548 g/mol. The molecule has 1 aliphatic heterocycles. The first-order chi connectivity index (χ1) is 18.0. The quantitative estimate of drug-likeness (QED) is 0.322. The van der Waals surface area contributed by atoms with E-state index in [9.17, 15) is 28.1 Å². The Balaban J connectivity index is 1.21. The van der Waals surface area contributed by atoms with Gasteiger partial charge in [0.05, 0.1) is 21.7 Å². The highest BCUT2D eigenvalue weighted by atomic mass is 35.5. The summed E-state index contributed by atoms with van der Waals surface area (Å²) in [5.41, 5.74) is -1.19. The summed E-state index contributed by atoms with van der Waals surface area (Å²) in [6.45, 7) is 2.35. The molecule has 2 aromatic carbocycles. The fourth-order valence-corrected chi connectivity index (χ4v) is 5.36. The minimum Gasteiger partial charge on any atom is -0.382 e. The largest absolute Gasteiger partial charge is 0.423 e. The molecule has 0 radical (unpaired) electrons. The first-order valence-corrected chi connectivity index (χ1v) is 13.0. The molecule has 1 N–H and O–H groups in total.